The molecule has 0 atom stereocenters. The van der Waals surface area contributed by atoms with Crippen LogP contribution in [0.25, 0.3) is 0 Å². The number of anilines is 6. The average molecular weight is 603 g/mol. The number of carbonyl (C=O) groups excluding carboxylic acids is 2. The maximum Gasteiger partial charge on any atom is 0.343 e. The third kappa shape index (κ3) is 7.25. The average Bonchev–Trinajstić information content (AvgIpc) is 3.22. The predicted molar refractivity (Wildman–Crippen MR) is 174 cm³/mol. The number of pyridine rings is 1. The summed E-state index contributed by atoms with van der Waals surface area (Å²) in [5, 5.41) is 9.43. The van der Waals surface area contributed by atoms with Crippen LogP contribution in [0.3, 0.4) is 0 Å². The Labute approximate surface area is 258 Å². The summed E-state index contributed by atoms with van der Waals surface area (Å²) in [6.07, 6.45) is 2.35. The normalized spacial score (nSPS) is 13.5. The van der Waals surface area contributed by atoms with E-state index in [0.29, 0.717) is 41.7 Å². The second-order valence-electron chi connectivity index (χ2n) is 11.8. The molecule has 1 aliphatic rings. The highest BCUT2D eigenvalue weighted by Crippen LogP contribution is 2.44. The SMILES string of the molecule is C=CC(=O)Nc1cc(Nc2ncc(C(=O)OC(C)C)c(N3CC(C)(C)c4nc(C)ccc43)n2)c(OC)cc1NCCN(C)C. The van der Waals surface area contributed by atoms with Crippen LogP contribution >= 0.6 is 0 Å². The lowest BCUT2D eigenvalue weighted by atomic mass is 9.91. The Morgan fingerprint density at radius 1 is 1.16 bits per heavy atom. The number of amides is 1. The Morgan fingerprint density at radius 2 is 1.91 bits per heavy atom. The lowest BCUT2D eigenvalue weighted by Crippen LogP contribution is -2.28. The number of hydrogen-bond acceptors (Lipinski definition) is 11. The van der Waals surface area contributed by atoms with Gasteiger partial charge >= 0.3 is 5.97 Å². The van der Waals surface area contributed by atoms with Gasteiger partial charge in [0.25, 0.3) is 0 Å². The number of aryl methyl sites for hydroxylation is 1. The van der Waals surface area contributed by atoms with Crippen LogP contribution in [0.2, 0.25) is 0 Å². The molecule has 234 valence electrons. The van der Waals surface area contributed by atoms with Gasteiger partial charge in [-0.25, -0.2) is 9.78 Å². The molecule has 1 aliphatic heterocycles. The van der Waals surface area contributed by atoms with Gasteiger partial charge in [-0.15, -0.1) is 0 Å². The van der Waals surface area contributed by atoms with E-state index in [1.54, 1.807) is 33.1 Å². The van der Waals surface area contributed by atoms with E-state index in [1.807, 2.05) is 38.1 Å². The molecule has 12 nitrogen and oxygen atoms in total. The summed E-state index contributed by atoms with van der Waals surface area (Å²) in [5.41, 5.74) is 4.35. The molecule has 12 heteroatoms. The summed E-state index contributed by atoms with van der Waals surface area (Å²) in [6.45, 7) is 15.3. The number of esters is 1. The van der Waals surface area contributed by atoms with Crippen LogP contribution in [0, 0.1) is 6.92 Å². The van der Waals surface area contributed by atoms with Crippen LogP contribution in [-0.2, 0) is 14.9 Å². The first-order chi connectivity index (χ1) is 20.8. The summed E-state index contributed by atoms with van der Waals surface area (Å²) in [6, 6.07) is 7.47. The Kier molecular flexibility index (Phi) is 9.73. The second kappa shape index (κ2) is 13.3. The lowest BCUT2D eigenvalue weighted by molar-refractivity contribution is -0.111. The van der Waals surface area contributed by atoms with E-state index in [4.69, 9.17) is 19.4 Å². The Bertz CT molecular complexity index is 1550. The predicted octanol–water partition coefficient (Wildman–Crippen LogP) is 5.02. The first-order valence-corrected chi connectivity index (χ1v) is 14.5. The molecular weight excluding hydrogens is 560 g/mol. The number of likely N-dealkylation sites (N-methyl/N-ethyl adjacent to an activating group) is 1. The summed E-state index contributed by atoms with van der Waals surface area (Å²) < 4.78 is 11.3. The number of rotatable bonds is 12. The zero-order valence-electron chi connectivity index (χ0n) is 26.7. The van der Waals surface area contributed by atoms with Gasteiger partial charge in [-0.2, -0.15) is 4.98 Å². The van der Waals surface area contributed by atoms with Crippen molar-refractivity contribution in [2.75, 3.05) is 61.7 Å². The van der Waals surface area contributed by atoms with Crippen molar-refractivity contribution in [1.29, 1.82) is 0 Å². The molecule has 3 heterocycles. The number of hydrogen-bond donors (Lipinski definition) is 3. The van der Waals surface area contributed by atoms with Gasteiger partial charge in [-0.05, 0) is 59.1 Å². The number of ether oxygens (including phenoxy) is 2. The third-order valence-electron chi connectivity index (χ3n) is 6.99. The Hall–Kier alpha value is -4.71. The van der Waals surface area contributed by atoms with Gasteiger partial charge in [0.1, 0.15) is 11.3 Å². The molecule has 0 aliphatic carbocycles. The van der Waals surface area contributed by atoms with Crippen molar-refractivity contribution < 1.29 is 19.1 Å². The zero-order chi connectivity index (χ0) is 32.2. The molecular formula is C32H42N8O4. The first kappa shape index (κ1) is 32.2. The van der Waals surface area contributed by atoms with E-state index in [2.05, 4.69) is 46.3 Å². The fraction of sp³-hybridized carbons (Fsp3) is 0.406. The van der Waals surface area contributed by atoms with Crippen molar-refractivity contribution in [2.24, 2.45) is 0 Å². The van der Waals surface area contributed by atoms with Gasteiger partial charge in [0.15, 0.2) is 5.82 Å². The molecule has 0 saturated carbocycles. The number of methoxy groups -OCH3 is 1. The van der Waals surface area contributed by atoms with Crippen LogP contribution < -0.4 is 25.6 Å². The number of fused-ring (bicyclic) bond motifs is 1. The van der Waals surface area contributed by atoms with E-state index >= 15 is 0 Å². The molecule has 0 fully saturated rings. The molecule has 0 radical (unpaired) electrons. The zero-order valence-corrected chi connectivity index (χ0v) is 26.7. The van der Waals surface area contributed by atoms with E-state index in [9.17, 15) is 9.59 Å². The number of aromatic nitrogens is 3. The molecule has 0 bridgehead atoms. The van der Waals surface area contributed by atoms with Gasteiger partial charge in [-0.1, -0.05) is 20.4 Å². The number of carbonyl (C=O) groups is 2. The molecule has 4 rings (SSSR count). The van der Waals surface area contributed by atoms with Crippen LogP contribution in [-0.4, -0.2) is 78.7 Å². The largest absolute Gasteiger partial charge is 0.494 e. The third-order valence-corrected chi connectivity index (χ3v) is 6.99. The molecule has 3 aromatic rings. The molecule has 1 aromatic carbocycles. The highest BCUT2D eigenvalue weighted by Gasteiger charge is 2.39. The quantitative estimate of drug-likeness (QED) is 0.190. The molecule has 3 N–H and O–H groups in total. The highest BCUT2D eigenvalue weighted by molar-refractivity contribution is 6.02. The van der Waals surface area contributed by atoms with Crippen molar-refractivity contribution in [3.05, 3.63) is 60.1 Å². The van der Waals surface area contributed by atoms with Crippen molar-refractivity contribution in [2.45, 2.75) is 46.1 Å². The first-order valence-electron chi connectivity index (χ1n) is 14.5. The molecule has 1 amide bonds. The van der Waals surface area contributed by atoms with Crippen molar-refractivity contribution in [3.63, 3.8) is 0 Å². The highest BCUT2D eigenvalue weighted by atomic mass is 16.5. The maximum absolute atomic E-state index is 13.2. The van der Waals surface area contributed by atoms with Crippen LogP contribution in [0.5, 0.6) is 5.75 Å². The van der Waals surface area contributed by atoms with Gasteiger partial charge in [-0.3, -0.25) is 9.78 Å². The summed E-state index contributed by atoms with van der Waals surface area (Å²) in [7, 11) is 5.52. The molecule has 44 heavy (non-hydrogen) atoms. The van der Waals surface area contributed by atoms with Gasteiger partial charge in [0, 0.05) is 43.0 Å². The van der Waals surface area contributed by atoms with E-state index in [0.717, 1.165) is 23.6 Å². The summed E-state index contributed by atoms with van der Waals surface area (Å²) >= 11 is 0. The number of benzene rings is 1. The van der Waals surface area contributed by atoms with Gasteiger partial charge in [0.05, 0.1) is 41.7 Å². The monoisotopic (exact) mass is 602 g/mol. The van der Waals surface area contributed by atoms with Crippen molar-refractivity contribution >= 4 is 46.4 Å². The topological polar surface area (TPSA) is 134 Å². The van der Waals surface area contributed by atoms with Crippen LogP contribution in [0.4, 0.5) is 34.5 Å². The van der Waals surface area contributed by atoms with Gasteiger partial charge < -0.3 is 35.2 Å². The maximum atomic E-state index is 13.2. The van der Waals surface area contributed by atoms with Crippen LogP contribution in [0.15, 0.2) is 43.1 Å². The summed E-state index contributed by atoms with van der Waals surface area (Å²) in [5.74, 6) is 0.233. The van der Waals surface area contributed by atoms with Gasteiger partial charge in [0.2, 0.25) is 11.9 Å². The number of nitrogens with one attached hydrogen (secondary N) is 3. The summed E-state index contributed by atoms with van der Waals surface area (Å²) in [4.78, 5) is 43.7. The molecule has 0 spiro atoms. The standard InChI is InChI=1S/C32H42N8O4/c1-10-27(41)36-23-15-24(26(43-9)16-22(23)33-13-14-39(7)8)37-31-34-17-21(30(42)44-19(2)3)29(38-31)40-18-32(5,6)28-25(40)12-11-20(4)35-28/h10-12,15-17,19,33H,1,13-14,18H2,2-9H3,(H,36,41)(H,34,37,38). The van der Waals surface area contributed by atoms with E-state index in [-0.39, 0.29) is 28.9 Å². The Balaban J connectivity index is 1.78. The fourth-order valence-electron chi connectivity index (χ4n) is 4.88. The van der Waals surface area contributed by atoms with Crippen molar-refractivity contribution in [1.82, 2.24) is 19.9 Å². The fourth-order valence-corrected chi connectivity index (χ4v) is 4.88. The molecule has 0 saturated heterocycles. The Morgan fingerprint density at radius 3 is 2.57 bits per heavy atom. The second-order valence-corrected chi connectivity index (χ2v) is 11.8. The molecule has 0 unspecified atom stereocenters. The molecule has 2 aromatic heterocycles. The van der Waals surface area contributed by atoms with Crippen molar-refractivity contribution in [3.8, 4) is 5.75 Å². The minimum atomic E-state index is -0.520. The lowest BCUT2D eigenvalue weighted by Gasteiger charge is -2.24. The van der Waals surface area contributed by atoms with E-state index < -0.39 is 5.97 Å². The van der Waals surface area contributed by atoms with E-state index in [1.165, 1.54) is 12.3 Å². The minimum Gasteiger partial charge on any atom is -0.494 e. The van der Waals surface area contributed by atoms with Crippen LogP contribution in [0.1, 0.15) is 49.4 Å². The smallest absolute Gasteiger partial charge is 0.343 e. The number of nitrogens with zero attached hydrogens (tertiary/aromatic N) is 5. The minimum absolute atomic E-state index is 0.222.